The molecule has 0 bridgehead atoms. The van der Waals surface area contributed by atoms with Crippen LogP contribution in [0.25, 0.3) is 0 Å². The van der Waals surface area contributed by atoms with Crippen LogP contribution in [0.4, 0.5) is 21.5 Å². The van der Waals surface area contributed by atoms with Crippen LogP contribution < -0.4 is 5.32 Å². The van der Waals surface area contributed by atoms with E-state index in [2.05, 4.69) is 5.32 Å². The minimum Gasteiger partial charge on any atom is -0.376 e. The molecule has 4 rings (SSSR count). The number of rotatable bonds is 3. The highest BCUT2D eigenvalue weighted by atomic mass is 19.1. The molecule has 1 heterocycles. The van der Waals surface area contributed by atoms with E-state index >= 15 is 0 Å². The maximum atomic E-state index is 13.3. The van der Waals surface area contributed by atoms with Gasteiger partial charge in [0.15, 0.2) is 0 Å². The van der Waals surface area contributed by atoms with Crippen molar-refractivity contribution in [2.75, 3.05) is 5.32 Å². The van der Waals surface area contributed by atoms with Crippen LogP contribution in [0.2, 0.25) is 0 Å². The molecule has 1 atom stereocenters. The lowest BCUT2D eigenvalue weighted by Crippen LogP contribution is -2.14. The number of non-ortho nitro benzene ring substituents is 1. The van der Waals surface area contributed by atoms with Gasteiger partial charge in [0, 0.05) is 18.6 Å². The quantitative estimate of drug-likeness (QED) is 0.501. The Morgan fingerprint density at radius 1 is 1.00 bits per heavy atom. The summed E-state index contributed by atoms with van der Waals surface area (Å²) in [7, 11) is 0. The number of anilines is 1. The van der Waals surface area contributed by atoms with Gasteiger partial charge in [0.1, 0.15) is 5.82 Å². The van der Waals surface area contributed by atoms with E-state index in [1.807, 2.05) is 24.3 Å². The van der Waals surface area contributed by atoms with Gasteiger partial charge < -0.3 is 5.32 Å². The molecule has 1 N–H and O–H groups in total. The normalized spacial score (nSPS) is 15.9. The SMILES string of the molecule is O=[N+]([O-])c1ccc(C2=Nc3ccccc3NC(c3ccc(F)cc3)C2)cc1. The average Bonchev–Trinajstić information content (AvgIpc) is 2.88. The molecule has 3 aromatic rings. The molecule has 5 nitrogen and oxygen atoms in total. The van der Waals surface area contributed by atoms with E-state index in [4.69, 9.17) is 4.99 Å². The molecular weight excluding hydrogens is 345 g/mol. The van der Waals surface area contributed by atoms with Crippen LogP contribution in [-0.2, 0) is 0 Å². The smallest absolute Gasteiger partial charge is 0.269 e. The van der Waals surface area contributed by atoms with E-state index in [1.54, 1.807) is 24.3 Å². The second kappa shape index (κ2) is 6.99. The van der Waals surface area contributed by atoms with Crippen LogP contribution in [0.1, 0.15) is 23.6 Å². The maximum absolute atomic E-state index is 13.3. The fourth-order valence-electron chi connectivity index (χ4n) is 3.17. The van der Waals surface area contributed by atoms with Gasteiger partial charge in [-0.3, -0.25) is 15.1 Å². The van der Waals surface area contributed by atoms with Crippen LogP contribution in [-0.4, -0.2) is 10.6 Å². The Morgan fingerprint density at radius 3 is 2.41 bits per heavy atom. The molecule has 134 valence electrons. The first-order chi connectivity index (χ1) is 13.1. The fourth-order valence-corrected chi connectivity index (χ4v) is 3.17. The first-order valence-corrected chi connectivity index (χ1v) is 8.53. The molecule has 6 heteroatoms. The standard InChI is InChI=1S/C21H16FN3O2/c22-16-9-5-14(6-10-16)20-13-21(15-7-11-17(12-8-15)25(26)27)24-19-4-2-1-3-18(19)23-20/h1-12,20,23H,13H2. The second-order valence-electron chi connectivity index (χ2n) is 6.33. The Balaban J connectivity index is 1.76. The number of nitrogens with zero attached hydrogens (tertiary/aromatic N) is 2. The summed E-state index contributed by atoms with van der Waals surface area (Å²) < 4.78 is 13.3. The average molecular weight is 361 g/mol. The van der Waals surface area contributed by atoms with Gasteiger partial charge in [-0.15, -0.1) is 0 Å². The third-order valence-corrected chi connectivity index (χ3v) is 4.57. The molecule has 0 saturated heterocycles. The molecule has 1 aliphatic heterocycles. The number of hydrogen-bond donors (Lipinski definition) is 1. The largest absolute Gasteiger partial charge is 0.376 e. The van der Waals surface area contributed by atoms with Crippen molar-refractivity contribution in [1.82, 2.24) is 0 Å². The predicted molar refractivity (Wildman–Crippen MR) is 103 cm³/mol. The van der Waals surface area contributed by atoms with Crippen molar-refractivity contribution in [2.24, 2.45) is 4.99 Å². The number of nitrogens with one attached hydrogen (secondary N) is 1. The first-order valence-electron chi connectivity index (χ1n) is 8.53. The van der Waals surface area contributed by atoms with Gasteiger partial charge in [-0.1, -0.05) is 24.3 Å². The molecule has 0 spiro atoms. The number of hydrogen-bond acceptors (Lipinski definition) is 4. The summed E-state index contributed by atoms with van der Waals surface area (Å²) in [6.07, 6.45) is 0.568. The van der Waals surface area contributed by atoms with E-state index in [-0.39, 0.29) is 17.5 Å². The monoisotopic (exact) mass is 361 g/mol. The van der Waals surface area contributed by atoms with E-state index < -0.39 is 4.92 Å². The molecule has 0 aliphatic carbocycles. The first kappa shape index (κ1) is 16.9. The third-order valence-electron chi connectivity index (χ3n) is 4.57. The fraction of sp³-hybridized carbons (Fsp3) is 0.0952. The number of benzene rings is 3. The highest BCUT2D eigenvalue weighted by molar-refractivity contribution is 6.04. The van der Waals surface area contributed by atoms with Crippen LogP contribution >= 0.6 is 0 Å². The predicted octanol–water partition coefficient (Wildman–Crippen LogP) is 5.41. The number of nitro groups is 1. The van der Waals surface area contributed by atoms with Crippen LogP contribution in [0, 0.1) is 15.9 Å². The molecule has 0 fully saturated rings. The molecule has 3 aromatic carbocycles. The minimum absolute atomic E-state index is 0.0431. The van der Waals surface area contributed by atoms with Gasteiger partial charge >= 0.3 is 0 Å². The number of nitro benzene ring substituents is 1. The van der Waals surface area contributed by atoms with Gasteiger partial charge in [0.05, 0.1) is 28.1 Å². The molecule has 1 unspecified atom stereocenters. The lowest BCUT2D eigenvalue weighted by molar-refractivity contribution is -0.384. The zero-order chi connectivity index (χ0) is 18.8. The molecule has 0 saturated carbocycles. The number of para-hydroxylation sites is 2. The molecule has 0 amide bonds. The Morgan fingerprint density at radius 2 is 1.70 bits per heavy atom. The molecule has 1 aliphatic rings. The molecular formula is C21H16FN3O2. The van der Waals surface area contributed by atoms with Crippen LogP contribution in [0.15, 0.2) is 77.8 Å². The van der Waals surface area contributed by atoms with Crippen LogP contribution in [0.5, 0.6) is 0 Å². The maximum Gasteiger partial charge on any atom is 0.269 e. The lowest BCUT2D eigenvalue weighted by Gasteiger charge is -2.19. The van der Waals surface area contributed by atoms with E-state index in [9.17, 15) is 14.5 Å². The molecule has 27 heavy (non-hydrogen) atoms. The van der Waals surface area contributed by atoms with Crippen molar-refractivity contribution in [3.8, 4) is 0 Å². The summed E-state index contributed by atoms with van der Waals surface area (Å²) in [5.41, 5.74) is 4.33. The number of fused-ring (bicyclic) bond motifs is 1. The van der Waals surface area contributed by atoms with Crippen molar-refractivity contribution >= 4 is 22.8 Å². The Labute approximate surface area is 155 Å². The van der Waals surface area contributed by atoms with E-state index in [1.165, 1.54) is 24.3 Å². The molecule has 0 aromatic heterocycles. The Bertz CT molecular complexity index is 1010. The van der Waals surface area contributed by atoms with Crippen LogP contribution in [0.3, 0.4) is 0 Å². The summed E-state index contributed by atoms with van der Waals surface area (Å²) in [5.74, 6) is -0.281. The van der Waals surface area contributed by atoms with Crippen molar-refractivity contribution in [2.45, 2.75) is 12.5 Å². The summed E-state index contributed by atoms with van der Waals surface area (Å²) in [5, 5.41) is 14.4. The van der Waals surface area contributed by atoms with Gasteiger partial charge in [0.2, 0.25) is 0 Å². The summed E-state index contributed by atoms with van der Waals surface area (Å²) in [4.78, 5) is 15.3. The summed E-state index contributed by atoms with van der Waals surface area (Å²) in [6, 6.07) is 20.4. The second-order valence-corrected chi connectivity index (χ2v) is 6.33. The van der Waals surface area contributed by atoms with Crippen molar-refractivity contribution in [3.05, 3.63) is 99.9 Å². The van der Waals surface area contributed by atoms with Gasteiger partial charge in [0.25, 0.3) is 5.69 Å². The highest BCUT2D eigenvalue weighted by Gasteiger charge is 2.21. The lowest BCUT2D eigenvalue weighted by atomic mass is 9.97. The molecule has 0 radical (unpaired) electrons. The Kier molecular flexibility index (Phi) is 4.38. The van der Waals surface area contributed by atoms with Gasteiger partial charge in [-0.2, -0.15) is 0 Å². The van der Waals surface area contributed by atoms with Crippen molar-refractivity contribution in [3.63, 3.8) is 0 Å². The number of halogens is 1. The summed E-state index contributed by atoms with van der Waals surface area (Å²) in [6.45, 7) is 0. The highest BCUT2D eigenvalue weighted by Crippen LogP contribution is 2.35. The van der Waals surface area contributed by atoms with Crippen molar-refractivity contribution < 1.29 is 9.31 Å². The summed E-state index contributed by atoms with van der Waals surface area (Å²) >= 11 is 0. The minimum atomic E-state index is -0.420. The number of aliphatic imine (C=N–C) groups is 1. The third kappa shape index (κ3) is 3.55. The topological polar surface area (TPSA) is 67.5 Å². The zero-order valence-electron chi connectivity index (χ0n) is 14.3. The van der Waals surface area contributed by atoms with E-state index in [0.29, 0.717) is 6.42 Å². The Hall–Kier alpha value is -3.54. The van der Waals surface area contributed by atoms with Crippen molar-refractivity contribution in [1.29, 1.82) is 0 Å². The van der Waals surface area contributed by atoms with Gasteiger partial charge in [-0.05, 0) is 47.5 Å². The zero-order valence-corrected chi connectivity index (χ0v) is 14.3. The van der Waals surface area contributed by atoms with E-state index in [0.717, 1.165) is 28.2 Å². The van der Waals surface area contributed by atoms with Gasteiger partial charge in [-0.25, -0.2) is 4.39 Å².